The highest BCUT2D eigenvalue weighted by Gasteiger charge is 2.27. The van der Waals surface area contributed by atoms with Gasteiger partial charge in [-0.25, -0.2) is 5.06 Å². The van der Waals surface area contributed by atoms with Crippen molar-refractivity contribution in [2.24, 2.45) is 11.8 Å². The summed E-state index contributed by atoms with van der Waals surface area (Å²) < 4.78 is 14.8. The van der Waals surface area contributed by atoms with E-state index in [0.29, 0.717) is 23.9 Å². The van der Waals surface area contributed by atoms with Crippen LogP contribution in [0.15, 0.2) is 16.8 Å². The molecule has 0 unspecified atom stereocenters. The van der Waals surface area contributed by atoms with Gasteiger partial charge in [0, 0.05) is 6.54 Å². The second-order valence-electron chi connectivity index (χ2n) is 7.41. The number of amides is 2. The standard InChI is InChI=1S/C19H24ClFN6O3S/c20-19-23-16(22-8-13-5-6-31-10-13)15(21)17(24-19)25-26-18(29)14(9-27(30)11-28)7-12-3-1-2-4-12/h5-6,10-12,14,30H,1-4,7-9H2,(H,26,29)(H2,22,23,24,25)/t14-/m0/s1. The van der Waals surface area contributed by atoms with Gasteiger partial charge in [-0.3, -0.25) is 25.6 Å². The van der Waals surface area contributed by atoms with Crippen LogP contribution >= 0.6 is 22.9 Å². The van der Waals surface area contributed by atoms with E-state index in [1.54, 1.807) is 0 Å². The van der Waals surface area contributed by atoms with Crippen molar-refractivity contribution in [3.63, 3.8) is 0 Å². The zero-order valence-electron chi connectivity index (χ0n) is 16.7. The van der Waals surface area contributed by atoms with E-state index in [1.807, 2.05) is 16.8 Å². The molecule has 0 saturated heterocycles. The van der Waals surface area contributed by atoms with E-state index in [0.717, 1.165) is 31.2 Å². The van der Waals surface area contributed by atoms with Crippen LogP contribution in [0.3, 0.4) is 0 Å². The van der Waals surface area contributed by atoms with Gasteiger partial charge in [0.15, 0.2) is 11.6 Å². The Kier molecular flexibility index (Phi) is 8.38. The van der Waals surface area contributed by atoms with Crippen molar-refractivity contribution in [1.82, 2.24) is 20.5 Å². The van der Waals surface area contributed by atoms with E-state index in [2.05, 4.69) is 26.1 Å². The van der Waals surface area contributed by atoms with Crippen LogP contribution < -0.4 is 16.2 Å². The summed E-state index contributed by atoms with van der Waals surface area (Å²) in [4.78, 5) is 31.1. The Hall–Kier alpha value is -2.50. The van der Waals surface area contributed by atoms with Crippen molar-refractivity contribution < 1.29 is 19.2 Å². The summed E-state index contributed by atoms with van der Waals surface area (Å²) in [6.07, 6.45) is 4.95. The Morgan fingerprint density at radius 3 is 2.81 bits per heavy atom. The van der Waals surface area contributed by atoms with Crippen molar-refractivity contribution in [2.45, 2.75) is 38.6 Å². The lowest BCUT2D eigenvalue weighted by molar-refractivity contribution is -0.154. The highest BCUT2D eigenvalue weighted by Crippen LogP contribution is 2.30. The van der Waals surface area contributed by atoms with Gasteiger partial charge < -0.3 is 5.32 Å². The molecule has 1 aliphatic carbocycles. The second-order valence-corrected chi connectivity index (χ2v) is 8.53. The van der Waals surface area contributed by atoms with Crippen molar-refractivity contribution in [1.29, 1.82) is 0 Å². The van der Waals surface area contributed by atoms with Gasteiger partial charge >= 0.3 is 0 Å². The summed E-state index contributed by atoms with van der Waals surface area (Å²) in [5, 5.41) is 16.5. The summed E-state index contributed by atoms with van der Waals surface area (Å²) in [6, 6.07) is 1.89. The average Bonchev–Trinajstić information content (AvgIpc) is 3.46. The third-order valence-corrected chi connectivity index (χ3v) is 6.06. The molecule has 1 fully saturated rings. The van der Waals surface area contributed by atoms with Gasteiger partial charge in [-0.15, -0.1) is 0 Å². The van der Waals surface area contributed by atoms with E-state index in [4.69, 9.17) is 11.6 Å². The van der Waals surface area contributed by atoms with Crippen LogP contribution in [0.2, 0.25) is 5.28 Å². The van der Waals surface area contributed by atoms with Crippen molar-refractivity contribution in [3.8, 4) is 0 Å². The van der Waals surface area contributed by atoms with Crippen molar-refractivity contribution in [3.05, 3.63) is 33.5 Å². The van der Waals surface area contributed by atoms with Crippen LogP contribution in [0.25, 0.3) is 0 Å². The Bertz CT molecular complexity index is 882. The topological polar surface area (TPSA) is 119 Å². The average molecular weight is 471 g/mol. The minimum atomic E-state index is -0.802. The lowest BCUT2D eigenvalue weighted by Gasteiger charge is -2.22. The molecular formula is C19H24ClFN6O3S. The third kappa shape index (κ3) is 6.74. The molecule has 0 spiro atoms. The van der Waals surface area contributed by atoms with Gasteiger partial charge in [-0.2, -0.15) is 25.7 Å². The molecule has 1 saturated carbocycles. The summed E-state index contributed by atoms with van der Waals surface area (Å²) >= 11 is 7.42. The largest absolute Gasteiger partial charge is 0.363 e. The lowest BCUT2D eigenvalue weighted by atomic mass is 9.92. The molecular weight excluding hydrogens is 447 g/mol. The minimum absolute atomic E-state index is 0.104. The van der Waals surface area contributed by atoms with Gasteiger partial charge in [-0.1, -0.05) is 25.7 Å². The normalized spacial score (nSPS) is 14.8. The number of aromatic nitrogens is 2. The van der Waals surface area contributed by atoms with Crippen molar-refractivity contribution in [2.75, 3.05) is 17.3 Å². The molecule has 12 heteroatoms. The maximum Gasteiger partial charge on any atom is 0.243 e. The first-order valence-corrected chi connectivity index (χ1v) is 11.2. The van der Waals surface area contributed by atoms with E-state index < -0.39 is 17.6 Å². The molecule has 2 aromatic heterocycles. The Balaban J connectivity index is 1.64. The van der Waals surface area contributed by atoms with Gasteiger partial charge in [0.2, 0.25) is 23.4 Å². The van der Waals surface area contributed by atoms with Gasteiger partial charge in [0.1, 0.15) is 0 Å². The summed E-state index contributed by atoms with van der Waals surface area (Å²) in [5.74, 6) is -2.01. The number of thiophene rings is 1. The van der Waals surface area contributed by atoms with Crippen LogP contribution in [-0.2, 0) is 16.1 Å². The first-order valence-electron chi connectivity index (χ1n) is 9.91. The second kappa shape index (κ2) is 11.2. The van der Waals surface area contributed by atoms with Gasteiger partial charge in [-0.05, 0) is 46.3 Å². The van der Waals surface area contributed by atoms with E-state index in [1.165, 1.54) is 11.3 Å². The number of halogens is 2. The maximum absolute atomic E-state index is 14.8. The highest BCUT2D eigenvalue weighted by atomic mass is 35.5. The van der Waals surface area contributed by atoms with E-state index in [9.17, 15) is 19.2 Å². The molecule has 0 aliphatic heterocycles. The fourth-order valence-electron chi connectivity index (χ4n) is 3.60. The van der Waals surface area contributed by atoms with E-state index >= 15 is 0 Å². The predicted molar refractivity (Wildman–Crippen MR) is 115 cm³/mol. The molecule has 9 nitrogen and oxygen atoms in total. The quantitative estimate of drug-likeness (QED) is 0.172. The van der Waals surface area contributed by atoms with E-state index in [-0.39, 0.29) is 29.9 Å². The smallest absolute Gasteiger partial charge is 0.243 e. The number of carbonyl (C=O) groups is 2. The molecule has 31 heavy (non-hydrogen) atoms. The third-order valence-electron chi connectivity index (χ3n) is 5.16. The summed E-state index contributed by atoms with van der Waals surface area (Å²) in [5.41, 5.74) is 5.82. The number of anilines is 2. The van der Waals surface area contributed by atoms with Crippen LogP contribution in [0.1, 0.15) is 37.7 Å². The SMILES string of the molecule is O=CN(O)C[C@H](CC1CCCC1)C(=O)NNc1nc(Cl)nc(NCc2ccsc2)c1F. The first-order chi connectivity index (χ1) is 15.0. The maximum atomic E-state index is 14.8. The number of hydrazine groups is 1. The molecule has 1 aliphatic rings. The van der Waals surface area contributed by atoms with Crippen LogP contribution in [0, 0.1) is 17.7 Å². The van der Waals surface area contributed by atoms with Gasteiger partial charge in [0.05, 0.1) is 12.5 Å². The number of hydrogen-bond acceptors (Lipinski definition) is 8. The molecule has 0 radical (unpaired) electrons. The molecule has 4 N–H and O–H groups in total. The predicted octanol–water partition coefficient (Wildman–Crippen LogP) is 3.43. The molecule has 2 amide bonds. The van der Waals surface area contributed by atoms with Gasteiger partial charge in [0.25, 0.3) is 0 Å². The molecule has 2 aromatic rings. The molecule has 0 bridgehead atoms. The Morgan fingerprint density at radius 2 is 2.13 bits per heavy atom. The molecule has 2 heterocycles. The monoisotopic (exact) mass is 470 g/mol. The molecule has 3 rings (SSSR count). The highest BCUT2D eigenvalue weighted by molar-refractivity contribution is 7.07. The van der Waals surface area contributed by atoms with Crippen LogP contribution in [0.5, 0.6) is 0 Å². The number of hydroxylamine groups is 2. The number of hydrogen-bond donors (Lipinski definition) is 4. The summed E-state index contributed by atoms with van der Waals surface area (Å²) in [7, 11) is 0. The molecule has 1 atom stereocenters. The van der Waals surface area contributed by atoms with Crippen molar-refractivity contribution >= 4 is 46.9 Å². The Morgan fingerprint density at radius 1 is 1.39 bits per heavy atom. The minimum Gasteiger partial charge on any atom is -0.363 e. The van der Waals surface area contributed by atoms with Crippen LogP contribution in [-0.4, -0.2) is 39.1 Å². The fourth-order valence-corrected chi connectivity index (χ4v) is 4.44. The fraction of sp³-hybridized carbons (Fsp3) is 0.474. The molecule has 0 aromatic carbocycles. The number of nitrogens with zero attached hydrogens (tertiary/aromatic N) is 3. The lowest BCUT2D eigenvalue weighted by Crippen LogP contribution is -2.41. The number of carbonyl (C=O) groups excluding carboxylic acids is 2. The Labute approximate surface area is 187 Å². The zero-order valence-corrected chi connectivity index (χ0v) is 18.3. The summed E-state index contributed by atoms with van der Waals surface area (Å²) in [6.45, 7) is 0.190. The van der Waals surface area contributed by atoms with Crippen LogP contribution in [0.4, 0.5) is 16.0 Å². The molecule has 168 valence electrons. The number of rotatable bonds is 11. The number of nitrogens with one attached hydrogen (secondary N) is 3. The zero-order chi connectivity index (χ0) is 22.2. The first kappa shape index (κ1) is 23.2.